The van der Waals surface area contributed by atoms with E-state index in [0.717, 1.165) is 0 Å². The second kappa shape index (κ2) is 6.19. The van der Waals surface area contributed by atoms with E-state index >= 15 is 0 Å². The van der Waals surface area contributed by atoms with E-state index in [0.29, 0.717) is 20.7 Å². The van der Waals surface area contributed by atoms with Crippen molar-refractivity contribution in [3.8, 4) is 0 Å². The molecule has 0 unspecified atom stereocenters. The molecule has 0 bridgehead atoms. The second-order valence-electron chi connectivity index (χ2n) is 4.01. The van der Waals surface area contributed by atoms with Crippen LogP contribution in [0.3, 0.4) is 0 Å². The number of anilines is 1. The van der Waals surface area contributed by atoms with Gasteiger partial charge in [0.25, 0.3) is 5.69 Å². The Kier molecular flexibility index (Phi) is 4.57. The second-order valence-corrected chi connectivity index (χ2v) is 5.30. The zero-order valence-corrected chi connectivity index (χ0v) is 12.4. The first-order valence-corrected chi connectivity index (χ1v) is 6.76. The fourth-order valence-corrected chi connectivity index (χ4v) is 2.28. The lowest BCUT2D eigenvalue weighted by molar-refractivity contribution is -0.385. The van der Waals surface area contributed by atoms with Gasteiger partial charge < -0.3 is 5.32 Å². The van der Waals surface area contributed by atoms with Gasteiger partial charge in [0.1, 0.15) is 5.82 Å². The highest BCUT2D eigenvalue weighted by Crippen LogP contribution is 2.27. The van der Waals surface area contributed by atoms with Gasteiger partial charge in [-0.05, 0) is 46.3 Å². The van der Waals surface area contributed by atoms with Crippen LogP contribution in [0, 0.1) is 15.9 Å². The highest BCUT2D eigenvalue weighted by molar-refractivity contribution is 9.10. The summed E-state index contributed by atoms with van der Waals surface area (Å²) in [5, 5.41) is 14.3. The van der Waals surface area contributed by atoms with Crippen molar-refractivity contribution in [3.05, 3.63) is 67.4 Å². The zero-order valence-electron chi connectivity index (χ0n) is 10.1. The zero-order chi connectivity index (χ0) is 14.7. The van der Waals surface area contributed by atoms with Crippen molar-refractivity contribution >= 4 is 38.9 Å². The Morgan fingerprint density at radius 2 is 2.05 bits per heavy atom. The Labute approximate surface area is 127 Å². The summed E-state index contributed by atoms with van der Waals surface area (Å²) in [6, 6.07) is 8.50. The first-order chi connectivity index (χ1) is 9.47. The van der Waals surface area contributed by atoms with Gasteiger partial charge in [-0.2, -0.15) is 0 Å². The summed E-state index contributed by atoms with van der Waals surface area (Å²) in [6.07, 6.45) is 0. The molecule has 0 heterocycles. The number of hydrogen-bond acceptors (Lipinski definition) is 3. The summed E-state index contributed by atoms with van der Waals surface area (Å²) < 4.78 is 13.8. The minimum Gasteiger partial charge on any atom is -0.380 e. The number of halogens is 3. The van der Waals surface area contributed by atoms with Gasteiger partial charge in [-0.25, -0.2) is 4.39 Å². The van der Waals surface area contributed by atoms with E-state index in [1.807, 2.05) is 0 Å². The van der Waals surface area contributed by atoms with E-state index in [9.17, 15) is 14.5 Å². The predicted octanol–water partition coefficient (Wildman–Crippen LogP) is 4.76. The molecule has 0 atom stereocenters. The van der Waals surface area contributed by atoms with Gasteiger partial charge in [0.2, 0.25) is 0 Å². The third-order valence-corrected chi connectivity index (χ3v) is 3.56. The quantitative estimate of drug-likeness (QED) is 0.632. The molecule has 0 spiro atoms. The number of rotatable bonds is 4. The topological polar surface area (TPSA) is 55.2 Å². The van der Waals surface area contributed by atoms with Gasteiger partial charge in [0.05, 0.1) is 16.2 Å². The molecule has 104 valence electrons. The molecular weight excluding hydrogens is 351 g/mol. The Balaban J connectivity index is 2.24. The highest BCUT2D eigenvalue weighted by Gasteiger charge is 2.14. The Hall–Kier alpha value is -1.66. The summed E-state index contributed by atoms with van der Waals surface area (Å²) >= 11 is 9.12. The SMILES string of the molecule is O=[N+]([O-])c1ccc(Cl)cc1CNc1cc(F)ccc1Br. The maximum atomic E-state index is 13.2. The van der Waals surface area contributed by atoms with Crippen molar-refractivity contribution in [1.82, 2.24) is 0 Å². The standard InChI is InChI=1S/C13H9BrClFN2O2/c14-11-3-2-10(16)6-12(11)17-7-8-5-9(15)1-4-13(8)18(19)20/h1-6,17H,7H2. The molecule has 0 saturated carbocycles. The van der Waals surface area contributed by atoms with Gasteiger partial charge >= 0.3 is 0 Å². The largest absolute Gasteiger partial charge is 0.380 e. The maximum absolute atomic E-state index is 13.2. The van der Waals surface area contributed by atoms with Gasteiger partial charge in [-0.1, -0.05) is 11.6 Å². The van der Waals surface area contributed by atoms with Crippen molar-refractivity contribution < 1.29 is 9.31 Å². The average Bonchev–Trinajstić information content (AvgIpc) is 2.39. The van der Waals surface area contributed by atoms with Crippen molar-refractivity contribution in [2.75, 3.05) is 5.32 Å². The monoisotopic (exact) mass is 358 g/mol. The van der Waals surface area contributed by atoms with Crippen LogP contribution in [0.5, 0.6) is 0 Å². The van der Waals surface area contributed by atoms with Crippen LogP contribution in [0.1, 0.15) is 5.56 Å². The molecule has 0 aromatic heterocycles. The van der Waals surface area contributed by atoms with Crippen molar-refractivity contribution in [2.45, 2.75) is 6.54 Å². The summed E-state index contributed by atoms with van der Waals surface area (Å²) in [7, 11) is 0. The fourth-order valence-electron chi connectivity index (χ4n) is 1.70. The highest BCUT2D eigenvalue weighted by atomic mass is 79.9. The third kappa shape index (κ3) is 3.46. The Morgan fingerprint density at radius 1 is 1.30 bits per heavy atom. The van der Waals surface area contributed by atoms with Crippen LogP contribution in [0.4, 0.5) is 15.8 Å². The van der Waals surface area contributed by atoms with Crippen molar-refractivity contribution in [3.63, 3.8) is 0 Å². The number of nitrogens with zero attached hydrogens (tertiary/aromatic N) is 1. The molecule has 0 saturated heterocycles. The van der Waals surface area contributed by atoms with Crippen LogP contribution in [0.25, 0.3) is 0 Å². The number of hydrogen-bond donors (Lipinski definition) is 1. The van der Waals surface area contributed by atoms with Crippen LogP contribution in [0.15, 0.2) is 40.9 Å². The summed E-state index contributed by atoms with van der Waals surface area (Å²) in [5.41, 5.74) is 0.910. The molecule has 0 aliphatic heterocycles. The lowest BCUT2D eigenvalue weighted by atomic mass is 10.1. The fraction of sp³-hybridized carbons (Fsp3) is 0.0769. The van der Waals surface area contributed by atoms with Crippen LogP contribution >= 0.6 is 27.5 Å². The van der Waals surface area contributed by atoms with Gasteiger partial charge in [0.15, 0.2) is 0 Å². The molecule has 0 aliphatic rings. The molecule has 0 amide bonds. The molecular formula is C13H9BrClFN2O2. The van der Waals surface area contributed by atoms with Crippen LogP contribution < -0.4 is 5.32 Å². The summed E-state index contributed by atoms with van der Waals surface area (Å²) in [5.74, 6) is -0.392. The number of nitrogens with one attached hydrogen (secondary N) is 1. The first-order valence-electron chi connectivity index (χ1n) is 5.59. The van der Waals surface area contributed by atoms with E-state index < -0.39 is 10.7 Å². The molecule has 4 nitrogen and oxygen atoms in total. The molecule has 20 heavy (non-hydrogen) atoms. The van der Waals surface area contributed by atoms with Crippen molar-refractivity contribution in [2.24, 2.45) is 0 Å². The molecule has 0 radical (unpaired) electrons. The summed E-state index contributed by atoms with van der Waals surface area (Å²) in [6.45, 7) is 0.166. The molecule has 0 aliphatic carbocycles. The van der Waals surface area contributed by atoms with Crippen LogP contribution in [-0.4, -0.2) is 4.92 Å². The Bertz CT molecular complexity index is 667. The molecule has 0 fully saturated rings. The predicted molar refractivity (Wildman–Crippen MR) is 79.5 cm³/mol. The number of nitro benzene ring substituents is 1. The smallest absolute Gasteiger partial charge is 0.274 e. The summed E-state index contributed by atoms with van der Waals surface area (Å²) in [4.78, 5) is 10.5. The lowest BCUT2D eigenvalue weighted by Crippen LogP contribution is -2.04. The number of benzene rings is 2. The Morgan fingerprint density at radius 3 is 2.75 bits per heavy atom. The number of nitro groups is 1. The average molecular weight is 360 g/mol. The van der Waals surface area contributed by atoms with Gasteiger partial charge in [-0.15, -0.1) is 0 Å². The van der Waals surface area contributed by atoms with Gasteiger partial charge in [0, 0.05) is 22.1 Å². The van der Waals surface area contributed by atoms with E-state index in [1.54, 1.807) is 6.07 Å². The normalized spacial score (nSPS) is 10.3. The lowest BCUT2D eigenvalue weighted by Gasteiger charge is -2.09. The van der Waals surface area contributed by atoms with Gasteiger partial charge in [-0.3, -0.25) is 10.1 Å². The first kappa shape index (κ1) is 14.7. The molecule has 2 aromatic rings. The molecule has 1 N–H and O–H groups in total. The third-order valence-electron chi connectivity index (χ3n) is 2.64. The van der Waals surface area contributed by atoms with E-state index in [1.165, 1.54) is 30.3 Å². The minimum atomic E-state index is -0.478. The maximum Gasteiger partial charge on any atom is 0.274 e. The van der Waals surface area contributed by atoms with E-state index in [4.69, 9.17) is 11.6 Å². The minimum absolute atomic E-state index is 0.0329. The molecule has 2 aromatic carbocycles. The molecule has 2 rings (SSSR count). The van der Waals surface area contributed by atoms with E-state index in [-0.39, 0.29) is 12.2 Å². The van der Waals surface area contributed by atoms with Crippen LogP contribution in [0.2, 0.25) is 5.02 Å². The molecule has 7 heteroatoms. The van der Waals surface area contributed by atoms with Crippen molar-refractivity contribution in [1.29, 1.82) is 0 Å². The van der Waals surface area contributed by atoms with E-state index in [2.05, 4.69) is 21.2 Å². The van der Waals surface area contributed by atoms with Crippen LogP contribution in [-0.2, 0) is 6.54 Å².